The molecule has 0 saturated heterocycles. The molecule has 0 aliphatic rings. The van der Waals surface area contributed by atoms with Gasteiger partial charge in [0, 0.05) is 17.9 Å². The number of rotatable bonds is 5. The number of carbonyl (C=O) groups is 1. The van der Waals surface area contributed by atoms with Gasteiger partial charge in [-0.1, -0.05) is 77.9 Å². The van der Waals surface area contributed by atoms with Crippen molar-refractivity contribution in [2.24, 2.45) is 0 Å². The molecule has 4 heteroatoms. The molecule has 28 heavy (non-hydrogen) atoms. The van der Waals surface area contributed by atoms with E-state index in [1.807, 2.05) is 38.1 Å². The maximum Gasteiger partial charge on any atom is 0.416 e. The number of hydrogen-bond acceptors (Lipinski definition) is 1. The average molecular weight is 382 g/mol. The van der Waals surface area contributed by atoms with E-state index in [-0.39, 0.29) is 17.8 Å². The predicted molar refractivity (Wildman–Crippen MR) is 105 cm³/mol. The summed E-state index contributed by atoms with van der Waals surface area (Å²) in [4.78, 5) is 12.9. The Bertz CT molecular complexity index is 954. The van der Waals surface area contributed by atoms with Gasteiger partial charge in [0.2, 0.25) is 0 Å². The topological polar surface area (TPSA) is 17.1 Å². The Morgan fingerprint density at radius 2 is 1.36 bits per heavy atom. The zero-order valence-corrected chi connectivity index (χ0v) is 15.8. The fourth-order valence-corrected chi connectivity index (χ4v) is 3.31. The average Bonchev–Trinajstić information content (AvgIpc) is 2.67. The molecule has 1 unspecified atom stereocenters. The van der Waals surface area contributed by atoms with Crippen molar-refractivity contribution in [1.82, 2.24) is 0 Å². The highest BCUT2D eigenvalue weighted by Gasteiger charge is 2.35. The third-order valence-corrected chi connectivity index (χ3v) is 4.88. The van der Waals surface area contributed by atoms with Gasteiger partial charge in [-0.05, 0) is 31.0 Å². The second-order valence-electron chi connectivity index (χ2n) is 7.04. The van der Waals surface area contributed by atoms with Crippen molar-refractivity contribution in [3.05, 3.63) is 106 Å². The molecule has 0 bridgehead atoms. The van der Waals surface area contributed by atoms with Gasteiger partial charge >= 0.3 is 6.18 Å². The Morgan fingerprint density at radius 1 is 0.821 bits per heavy atom. The summed E-state index contributed by atoms with van der Waals surface area (Å²) in [6.07, 6.45) is -4.51. The maximum absolute atomic E-state index is 13.6. The molecule has 144 valence electrons. The SMILES string of the molecule is Cc1ccc(C(=O)CC(c2ccc(C)cc2)c2ccccc2C(F)(F)F)cc1. The molecule has 0 fully saturated rings. The van der Waals surface area contributed by atoms with Crippen LogP contribution in [-0.4, -0.2) is 5.78 Å². The van der Waals surface area contributed by atoms with E-state index in [0.29, 0.717) is 11.1 Å². The van der Waals surface area contributed by atoms with Crippen molar-refractivity contribution < 1.29 is 18.0 Å². The summed E-state index contributed by atoms with van der Waals surface area (Å²) in [7, 11) is 0. The van der Waals surface area contributed by atoms with E-state index in [4.69, 9.17) is 0 Å². The second-order valence-corrected chi connectivity index (χ2v) is 7.04. The molecule has 0 radical (unpaired) electrons. The summed E-state index contributed by atoms with van der Waals surface area (Å²) in [5.74, 6) is -0.852. The highest BCUT2D eigenvalue weighted by Crippen LogP contribution is 2.39. The van der Waals surface area contributed by atoms with Crippen LogP contribution < -0.4 is 0 Å². The van der Waals surface area contributed by atoms with Gasteiger partial charge in [0.05, 0.1) is 5.56 Å². The van der Waals surface area contributed by atoms with Gasteiger partial charge in [-0.15, -0.1) is 0 Å². The smallest absolute Gasteiger partial charge is 0.294 e. The van der Waals surface area contributed by atoms with Crippen LogP contribution in [0.4, 0.5) is 13.2 Å². The molecule has 0 aromatic heterocycles. The molecule has 0 spiro atoms. The lowest BCUT2D eigenvalue weighted by Crippen LogP contribution is -2.15. The summed E-state index contributed by atoms with van der Waals surface area (Å²) < 4.78 is 40.8. The number of halogens is 3. The number of benzene rings is 3. The third-order valence-electron chi connectivity index (χ3n) is 4.88. The summed E-state index contributed by atoms with van der Waals surface area (Å²) in [6, 6.07) is 19.9. The van der Waals surface area contributed by atoms with Crippen molar-refractivity contribution >= 4 is 5.78 Å². The number of Topliss-reactive ketones (excluding diaryl/α,β-unsaturated/α-hetero) is 1. The number of ketones is 1. The number of hydrogen-bond donors (Lipinski definition) is 0. The minimum Gasteiger partial charge on any atom is -0.294 e. The Kier molecular flexibility index (Phi) is 5.68. The molecule has 0 amide bonds. The monoisotopic (exact) mass is 382 g/mol. The lowest BCUT2D eigenvalue weighted by molar-refractivity contribution is -0.138. The van der Waals surface area contributed by atoms with Gasteiger partial charge in [0.15, 0.2) is 5.78 Å². The van der Waals surface area contributed by atoms with Gasteiger partial charge in [-0.3, -0.25) is 4.79 Å². The molecule has 0 heterocycles. The first-order chi connectivity index (χ1) is 13.3. The lowest BCUT2D eigenvalue weighted by atomic mass is 9.83. The standard InChI is InChI=1S/C24H21F3O/c1-16-7-11-18(12-8-16)21(15-23(28)19-13-9-17(2)10-14-19)20-5-3-4-6-22(20)24(25,26)27/h3-14,21H,15H2,1-2H3. The van der Waals surface area contributed by atoms with Crippen LogP contribution in [0.5, 0.6) is 0 Å². The van der Waals surface area contributed by atoms with Crippen LogP contribution in [-0.2, 0) is 6.18 Å². The van der Waals surface area contributed by atoms with E-state index in [2.05, 4.69) is 0 Å². The Hall–Kier alpha value is -2.88. The summed E-state index contributed by atoms with van der Waals surface area (Å²) in [5, 5.41) is 0. The third kappa shape index (κ3) is 4.50. The van der Waals surface area contributed by atoms with Crippen molar-refractivity contribution in [3.63, 3.8) is 0 Å². The molecule has 1 nitrogen and oxygen atoms in total. The van der Waals surface area contributed by atoms with E-state index >= 15 is 0 Å². The van der Waals surface area contributed by atoms with E-state index in [0.717, 1.165) is 17.2 Å². The van der Waals surface area contributed by atoms with Crippen LogP contribution in [0.1, 0.15) is 50.5 Å². The first-order valence-corrected chi connectivity index (χ1v) is 9.08. The zero-order valence-electron chi connectivity index (χ0n) is 15.8. The van der Waals surface area contributed by atoms with Crippen molar-refractivity contribution in [1.29, 1.82) is 0 Å². The second kappa shape index (κ2) is 8.01. The van der Waals surface area contributed by atoms with Crippen LogP contribution >= 0.6 is 0 Å². The van der Waals surface area contributed by atoms with E-state index in [9.17, 15) is 18.0 Å². The molecule has 3 rings (SSSR count). The van der Waals surface area contributed by atoms with Crippen LogP contribution in [0, 0.1) is 13.8 Å². The zero-order chi connectivity index (χ0) is 20.3. The highest BCUT2D eigenvalue weighted by molar-refractivity contribution is 5.96. The molecule has 0 N–H and O–H groups in total. The fraction of sp³-hybridized carbons (Fsp3) is 0.208. The van der Waals surface area contributed by atoms with E-state index in [1.54, 1.807) is 30.3 Å². The van der Waals surface area contributed by atoms with Crippen LogP contribution in [0.2, 0.25) is 0 Å². The first-order valence-electron chi connectivity index (χ1n) is 9.08. The van der Waals surface area contributed by atoms with Crippen LogP contribution in [0.25, 0.3) is 0 Å². The summed E-state index contributed by atoms with van der Waals surface area (Å²) >= 11 is 0. The molecule has 0 saturated carbocycles. The molecule has 1 atom stereocenters. The van der Waals surface area contributed by atoms with E-state index in [1.165, 1.54) is 12.1 Å². The largest absolute Gasteiger partial charge is 0.416 e. The Morgan fingerprint density at radius 3 is 1.93 bits per heavy atom. The van der Waals surface area contributed by atoms with Gasteiger partial charge in [-0.2, -0.15) is 13.2 Å². The summed E-state index contributed by atoms with van der Waals surface area (Å²) in [6.45, 7) is 3.84. The molecule has 0 aliphatic heterocycles. The summed E-state index contributed by atoms with van der Waals surface area (Å²) in [5.41, 5.74) is 2.66. The number of alkyl halides is 3. The number of aryl methyl sites for hydroxylation is 2. The minimum atomic E-state index is -4.48. The molecule has 0 aliphatic carbocycles. The maximum atomic E-state index is 13.6. The Labute approximate surface area is 162 Å². The normalized spacial score (nSPS) is 12.6. The van der Waals surface area contributed by atoms with E-state index < -0.39 is 17.7 Å². The molecule has 3 aromatic carbocycles. The predicted octanol–water partition coefficient (Wildman–Crippen LogP) is 6.73. The van der Waals surface area contributed by atoms with Crippen molar-refractivity contribution in [2.45, 2.75) is 32.4 Å². The van der Waals surface area contributed by atoms with Crippen LogP contribution in [0.15, 0.2) is 72.8 Å². The minimum absolute atomic E-state index is 0.0286. The fourth-order valence-electron chi connectivity index (χ4n) is 3.31. The van der Waals surface area contributed by atoms with Gasteiger partial charge in [0.25, 0.3) is 0 Å². The van der Waals surface area contributed by atoms with Gasteiger partial charge in [0.1, 0.15) is 0 Å². The van der Waals surface area contributed by atoms with Crippen molar-refractivity contribution in [3.8, 4) is 0 Å². The quantitative estimate of drug-likeness (QED) is 0.447. The van der Waals surface area contributed by atoms with Gasteiger partial charge in [-0.25, -0.2) is 0 Å². The molecular weight excluding hydrogens is 361 g/mol. The van der Waals surface area contributed by atoms with Crippen molar-refractivity contribution in [2.75, 3.05) is 0 Å². The molecular formula is C24H21F3O. The molecule has 3 aromatic rings. The van der Waals surface area contributed by atoms with Crippen LogP contribution in [0.3, 0.4) is 0 Å². The highest BCUT2D eigenvalue weighted by atomic mass is 19.4. The first kappa shape index (κ1) is 19.9. The Balaban J connectivity index is 2.05. The lowest BCUT2D eigenvalue weighted by Gasteiger charge is -2.22. The number of carbonyl (C=O) groups excluding carboxylic acids is 1. The van der Waals surface area contributed by atoms with Gasteiger partial charge < -0.3 is 0 Å².